The molecule has 134 valence electrons. The summed E-state index contributed by atoms with van der Waals surface area (Å²) in [6.45, 7) is 3.04. The Morgan fingerprint density at radius 1 is 1.15 bits per heavy atom. The van der Waals surface area contributed by atoms with Gasteiger partial charge < -0.3 is 10.2 Å². The van der Waals surface area contributed by atoms with Gasteiger partial charge in [0.15, 0.2) is 5.11 Å². The average molecular weight is 367 g/mol. The summed E-state index contributed by atoms with van der Waals surface area (Å²) in [5.41, 5.74) is 2.67. The largest absolute Gasteiger partial charge is 0.353 e. The summed E-state index contributed by atoms with van der Waals surface area (Å²) in [4.78, 5) is 26.2. The molecule has 26 heavy (non-hydrogen) atoms. The minimum absolute atomic E-state index is 0.0532. The third-order valence-corrected chi connectivity index (χ3v) is 4.79. The van der Waals surface area contributed by atoms with Crippen LogP contribution in [0.5, 0.6) is 0 Å². The number of nitrogens with one attached hydrogen (secondary N) is 2. The van der Waals surface area contributed by atoms with Crippen molar-refractivity contribution in [2.24, 2.45) is 0 Å². The van der Waals surface area contributed by atoms with Crippen LogP contribution >= 0.6 is 12.2 Å². The molecule has 5 nitrogen and oxygen atoms in total. The van der Waals surface area contributed by atoms with Crippen molar-refractivity contribution in [1.29, 1.82) is 0 Å². The van der Waals surface area contributed by atoms with Crippen LogP contribution in [0, 0.1) is 0 Å². The first-order valence-corrected chi connectivity index (χ1v) is 9.06. The summed E-state index contributed by atoms with van der Waals surface area (Å²) in [6.07, 6.45) is 0.633. The van der Waals surface area contributed by atoms with E-state index in [9.17, 15) is 9.59 Å². The Kier molecular flexibility index (Phi) is 5.63. The van der Waals surface area contributed by atoms with E-state index >= 15 is 0 Å². The molecular formula is C20H21N3O2S. The normalized spacial score (nSPS) is 16.7. The van der Waals surface area contributed by atoms with Crippen molar-refractivity contribution in [2.45, 2.75) is 19.4 Å². The number of thiocarbonyl (C=S) groups is 1. The topological polar surface area (TPSA) is 61.4 Å². The summed E-state index contributed by atoms with van der Waals surface area (Å²) in [6, 6.07) is 17.0. The number of hydrogen-bond donors (Lipinski definition) is 2. The van der Waals surface area contributed by atoms with E-state index in [1.165, 1.54) is 0 Å². The van der Waals surface area contributed by atoms with Gasteiger partial charge in [0.25, 0.3) is 5.91 Å². The second-order valence-electron chi connectivity index (χ2n) is 6.11. The van der Waals surface area contributed by atoms with Gasteiger partial charge in [-0.25, -0.2) is 0 Å². The zero-order valence-corrected chi connectivity index (χ0v) is 15.4. The van der Waals surface area contributed by atoms with Crippen LogP contribution in [0.2, 0.25) is 0 Å². The molecule has 2 N–H and O–H groups in total. The van der Waals surface area contributed by atoms with Crippen molar-refractivity contribution in [2.75, 3.05) is 13.1 Å². The molecule has 0 aliphatic carbocycles. The lowest BCUT2D eigenvalue weighted by atomic mass is 10.0. The lowest BCUT2D eigenvalue weighted by Crippen LogP contribution is -2.59. The summed E-state index contributed by atoms with van der Waals surface area (Å²) in [5.74, 6) is -0.321. The summed E-state index contributed by atoms with van der Waals surface area (Å²) in [7, 11) is 0. The van der Waals surface area contributed by atoms with Gasteiger partial charge in [-0.1, -0.05) is 49.4 Å². The second kappa shape index (κ2) is 8.10. The molecule has 2 aromatic rings. The highest BCUT2D eigenvalue weighted by atomic mass is 32.1. The lowest BCUT2D eigenvalue weighted by molar-refractivity contribution is -0.127. The van der Waals surface area contributed by atoms with Gasteiger partial charge in [0.1, 0.15) is 6.04 Å². The van der Waals surface area contributed by atoms with E-state index in [1.807, 2.05) is 49.4 Å². The summed E-state index contributed by atoms with van der Waals surface area (Å²) in [5, 5.41) is 5.87. The molecule has 0 aromatic heterocycles. The lowest BCUT2D eigenvalue weighted by Gasteiger charge is -2.36. The molecule has 0 saturated carbocycles. The van der Waals surface area contributed by atoms with Crippen molar-refractivity contribution in [3.05, 3.63) is 60.2 Å². The van der Waals surface area contributed by atoms with Gasteiger partial charge >= 0.3 is 0 Å². The minimum atomic E-state index is -0.336. The highest BCUT2D eigenvalue weighted by molar-refractivity contribution is 7.80. The maximum atomic E-state index is 12.5. The molecular weight excluding hydrogens is 346 g/mol. The van der Waals surface area contributed by atoms with E-state index in [0.717, 1.165) is 11.1 Å². The molecule has 1 fully saturated rings. The Balaban J connectivity index is 1.68. The van der Waals surface area contributed by atoms with E-state index in [1.54, 1.807) is 17.0 Å². The third-order valence-electron chi connectivity index (χ3n) is 4.45. The second-order valence-corrected chi connectivity index (χ2v) is 6.50. The van der Waals surface area contributed by atoms with E-state index in [-0.39, 0.29) is 17.9 Å². The Bertz CT molecular complexity index is 806. The minimum Gasteiger partial charge on any atom is -0.353 e. The van der Waals surface area contributed by atoms with E-state index in [0.29, 0.717) is 30.2 Å². The highest BCUT2D eigenvalue weighted by Crippen LogP contribution is 2.19. The summed E-state index contributed by atoms with van der Waals surface area (Å²) < 4.78 is 0. The number of carbonyl (C=O) groups is 2. The third kappa shape index (κ3) is 3.91. The van der Waals surface area contributed by atoms with Crippen molar-refractivity contribution in [3.8, 4) is 11.1 Å². The Hall–Kier alpha value is -2.73. The van der Waals surface area contributed by atoms with Crippen LogP contribution in [0.15, 0.2) is 54.6 Å². The molecule has 1 heterocycles. The molecule has 1 atom stereocenters. The molecule has 1 saturated heterocycles. The fraction of sp³-hybridized carbons (Fsp3) is 0.250. The van der Waals surface area contributed by atoms with Crippen LogP contribution in [-0.2, 0) is 4.79 Å². The smallest absolute Gasteiger partial charge is 0.257 e. The fourth-order valence-electron chi connectivity index (χ4n) is 3.05. The van der Waals surface area contributed by atoms with Gasteiger partial charge in [-0.15, -0.1) is 0 Å². The number of carbonyl (C=O) groups excluding carboxylic acids is 2. The maximum absolute atomic E-state index is 12.5. The Morgan fingerprint density at radius 2 is 1.81 bits per heavy atom. The molecule has 1 unspecified atom stereocenters. The van der Waals surface area contributed by atoms with E-state index in [4.69, 9.17) is 12.2 Å². The predicted molar refractivity (Wildman–Crippen MR) is 106 cm³/mol. The first-order valence-electron chi connectivity index (χ1n) is 8.65. The Morgan fingerprint density at radius 3 is 2.46 bits per heavy atom. The Labute approximate surface area is 158 Å². The highest BCUT2D eigenvalue weighted by Gasteiger charge is 2.30. The van der Waals surface area contributed by atoms with Gasteiger partial charge in [0, 0.05) is 18.7 Å². The number of amides is 2. The number of benzene rings is 2. The van der Waals surface area contributed by atoms with Gasteiger partial charge in [0.05, 0.1) is 0 Å². The van der Waals surface area contributed by atoms with Crippen molar-refractivity contribution in [1.82, 2.24) is 15.5 Å². The molecule has 0 bridgehead atoms. The van der Waals surface area contributed by atoms with Crippen LogP contribution in [0.25, 0.3) is 11.1 Å². The van der Waals surface area contributed by atoms with Crippen LogP contribution in [0.4, 0.5) is 0 Å². The number of hydrogen-bond acceptors (Lipinski definition) is 3. The molecule has 0 radical (unpaired) electrons. The molecule has 2 aromatic carbocycles. The van der Waals surface area contributed by atoms with Gasteiger partial charge in [-0.2, -0.15) is 0 Å². The number of rotatable bonds is 3. The van der Waals surface area contributed by atoms with Crippen molar-refractivity contribution >= 4 is 29.1 Å². The zero-order valence-electron chi connectivity index (χ0n) is 14.6. The van der Waals surface area contributed by atoms with Gasteiger partial charge in [-0.05, 0) is 41.9 Å². The molecule has 0 spiro atoms. The first-order chi connectivity index (χ1) is 12.6. The molecule has 3 rings (SSSR count). The van der Waals surface area contributed by atoms with E-state index < -0.39 is 0 Å². The summed E-state index contributed by atoms with van der Waals surface area (Å²) >= 11 is 5.36. The quantitative estimate of drug-likeness (QED) is 0.819. The molecule has 1 aliphatic rings. The fourth-order valence-corrected chi connectivity index (χ4v) is 3.36. The molecule has 2 amide bonds. The van der Waals surface area contributed by atoms with Gasteiger partial charge in [-0.3, -0.25) is 14.9 Å². The van der Waals surface area contributed by atoms with Crippen LogP contribution in [0.3, 0.4) is 0 Å². The monoisotopic (exact) mass is 367 g/mol. The average Bonchev–Trinajstić information content (AvgIpc) is 2.68. The number of piperazine rings is 1. The SMILES string of the molecule is CCC1C(=O)NCCN1C(=S)NC(=O)c1ccc(-c2ccccc2)cc1. The van der Waals surface area contributed by atoms with Crippen LogP contribution in [-0.4, -0.2) is 41.0 Å². The van der Waals surface area contributed by atoms with Crippen molar-refractivity contribution in [3.63, 3.8) is 0 Å². The predicted octanol–water partition coefficient (Wildman–Crippen LogP) is 2.58. The molecule has 6 heteroatoms. The van der Waals surface area contributed by atoms with E-state index in [2.05, 4.69) is 10.6 Å². The van der Waals surface area contributed by atoms with Crippen molar-refractivity contribution < 1.29 is 9.59 Å². The standard InChI is InChI=1S/C20H21N3O2S/c1-2-17-19(25)21-12-13-23(17)20(26)22-18(24)16-10-8-15(9-11-16)14-6-4-3-5-7-14/h3-11,17H,2,12-13H2,1H3,(H,21,25)(H,22,24,26). The van der Waals surface area contributed by atoms with Crippen LogP contribution < -0.4 is 10.6 Å². The molecule has 1 aliphatic heterocycles. The van der Waals surface area contributed by atoms with Gasteiger partial charge in [0.2, 0.25) is 5.91 Å². The number of nitrogens with zero attached hydrogens (tertiary/aromatic N) is 1. The maximum Gasteiger partial charge on any atom is 0.257 e. The van der Waals surface area contributed by atoms with Crippen LogP contribution in [0.1, 0.15) is 23.7 Å². The first kappa shape index (κ1) is 18.1. The zero-order chi connectivity index (χ0) is 18.5.